The molecule has 110 valence electrons. The third-order valence-corrected chi connectivity index (χ3v) is 4.06. The summed E-state index contributed by atoms with van der Waals surface area (Å²) in [5, 5.41) is 9.03. The molecule has 1 heterocycles. The number of fused-ring (bicyclic) bond motifs is 1. The molecular weight excluding hydrogens is 268 g/mol. The van der Waals surface area contributed by atoms with E-state index in [0.717, 1.165) is 25.7 Å². The van der Waals surface area contributed by atoms with Gasteiger partial charge in [0.2, 0.25) is 0 Å². The molecule has 1 fully saturated rings. The van der Waals surface area contributed by atoms with Crippen molar-refractivity contribution < 1.29 is 14.3 Å². The van der Waals surface area contributed by atoms with Crippen LogP contribution in [0.5, 0.6) is 11.5 Å². The monoisotopic (exact) mass is 286 g/mol. The first-order valence-electron chi connectivity index (χ1n) is 7.38. The Morgan fingerprint density at radius 2 is 2.05 bits per heavy atom. The SMILES string of the molecule is N#CCN(C(=O)c1cccc2c1OCCO2)C1CCCC1. The van der Waals surface area contributed by atoms with E-state index in [1.165, 1.54) is 0 Å². The van der Waals surface area contributed by atoms with Gasteiger partial charge in [0.15, 0.2) is 11.5 Å². The van der Waals surface area contributed by atoms with Crippen molar-refractivity contribution in [2.45, 2.75) is 31.7 Å². The molecule has 0 N–H and O–H groups in total. The summed E-state index contributed by atoms with van der Waals surface area (Å²) in [6.07, 6.45) is 4.18. The zero-order valence-electron chi connectivity index (χ0n) is 11.9. The average molecular weight is 286 g/mol. The van der Waals surface area contributed by atoms with Crippen LogP contribution < -0.4 is 9.47 Å². The zero-order chi connectivity index (χ0) is 14.7. The predicted molar refractivity (Wildman–Crippen MR) is 76.3 cm³/mol. The van der Waals surface area contributed by atoms with Gasteiger partial charge < -0.3 is 14.4 Å². The smallest absolute Gasteiger partial charge is 0.258 e. The van der Waals surface area contributed by atoms with E-state index in [4.69, 9.17) is 14.7 Å². The summed E-state index contributed by atoms with van der Waals surface area (Å²) in [6, 6.07) is 7.61. The Labute approximate surface area is 124 Å². The predicted octanol–water partition coefficient (Wildman–Crippen LogP) is 2.37. The van der Waals surface area contributed by atoms with Crippen molar-refractivity contribution in [3.63, 3.8) is 0 Å². The number of rotatable bonds is 3. The molecule has 0 unspecified atom stereocenters. The Morgan fingerprint density at radius 1 is 1.29 bits per heavy atom. The summed E-state index contributed by atoms with van der Waals surface area (Å²) < 4.78 is 11.1. The number of ether oxygens (including phenoxy) is 2. The zero-order valence-corrected chi connectivity index (χ0v) is 11.9. The van der Waals surface area contributed by atoms with Crippen LogP contribution in [0.3, 0.4) is 0 Å². The highest BCUT2D eigenvalue weighted by Gasteiger charge is 2.30. The highest BCUT2D eigenvalue weighted by molar-refractivity contribution is 5.98. The molecule has 0 bridgehead atoms. The molecular formula is C16H18N2O3. The van der Waals surface area contributed by atoms with Crippen molar-refractivity contribution in [2.24, 2.45) is 0 Å². The number of nitriles is 1. The number of para-hydroxylation sites is 1. The lowest BCUT2D eigenvalue weighted by Gasteiger charge is -2.28. The molecule has 0 aromatic heterocycles. The van der Waals surface area contributed by atoms with Gasteiger partial charge in [-0.2, -0.15) is 5.26 Å². The van der Waals surface area contributed by atoms with Gasteiger partial charge in [-0.15, -0.1) is 0 Å². The summed E-state index contributed by atoms with van der Waals surface area (Å²) in [5.74, 6) is 0.982. The molecule has 0 radical (unpaired) electrons. The first-order chi connectivity index (χ1) is 10.3. The van der Waals surface area contributed by atoms with Gasteiger partial charge in [-0.3, -0.25) is 4.79 Å². The molecule has 21 heavy (non-hydrogen) atoms. The van der Waals surface area contributed by atoms with Gasteiger partial charge in [-0.1, -0.05) is 18.9 Å². The largest absolute Gasteiger partial charge is 0.486 e. The fourth-order valence-corrected chi connectivity index (χ4v) is 3.06. The third-order valence-electron chi connectivity index (χ3n) is 4.06. The van der Waals surface area contributed by atoms with E-state index in [-0.39, 0.29) is 18.5 Å². The van der Waals surface area contributed by atoms with Gasteiger partial charge in [-0.25, -0.2) is 0 Å². The summed E-state index contributed by atoms with van der Waals surface area (Å²) in [5.41, 5.74) is 0.495. The van der Waals surface area contributed by atoms with E-state index >= 15 is 0 Å². The summed E-state index contributed by atoms with van der Waals surface area (Å²) in [7, 11) is 0. The standard InChI is InChI=1S/C16H18N2O3/c17-8-9-18(12-4-1-2-5-12)16(19)13-6-3-7-14-15(13)21-11-10-20-14/h3,6-7,12H,1-2,4-5,9-11H2. The fraction of sp³-hybridized carbons (Fsp3) is 0.500. The molecule has 1 aliphatic carbocycles. The van der Waals surface area contributed by atoms with Crippen LogP contribution in [0.1, 0.15) is 36.0 Å². The number of hydrogen-bond acceptors (Lipinski definition) is 4. The third kappa shape index (κ3) is 2.66. The van der Waals surface area contributed by atoms with E-state index in [1.54, 1.807) is 23.1 Å². The molecule has 5 heteroatoms. The number of carbonyl (C=O) groups excluding carboxylic acids is 1. The minimum absolute atomic E-state index is 0.119. The minimum atomic E-state index is -0.134. The second-order valence-electron chi connectivity index (χ2n) is 5.36. The minimum Gasteiger partial charge on any atom is -0.486 e. The van der Waals surface area contributed by atoms with Crippen LogP contribution in [0, 0.1) is 11.3 Å². The first kappa shape index (κ1) is 13.7. The van der Waals surface area contributed by atoms with Crippen molar-refractivity contribution in [3.8, 4) is 17.6 Å². The van der Waals surface area contributed by atoms with Crippen LogP contribution in [0.15, 0.2) is 18.2 Å². The number of carbonyl (C=O) groups is 1. The highest BCUT2D eigenvalue weighted by Crippen LogP contribution is 2.35. The number of benzene rings is 1. The molecule has 1 aromatic carbocycles. The molecule has 0 atom stereocenters. The van der Waals surface area contributed by atoms with Gasteiger partial charge in [0, 0.05) is 6.04 Å². The van der Waals surface area contributed by atoms with Crippen LogP contribution in [0.25, 0.3) is 0 Å². The Morgan fingerprint density at radius 3 is 2.81 bits per heavy atom. The number of nitrogens with zero attached hydrogens (tertiary/aromatic N) is 2. The molecule has 1 amide bonds. The molecule has 5 nitrogen and oxygen atoms in total. The van der Waals surface area contributed by atoms with Crippen LogP contribution in [0.2, 0.25) is 0 Å². The highest BCUT2D eigenvalue weighted by atomic mass is 16.6. The van der Waals surface area contributed by atoms with E-state index in [2.05, 4.69) is 6.07 Å². The lowest BCUT2D eigenvalue weighted by molar-refractivity contribution is 0.0699. The quantitative estimate of drug-likeness (QED) is 0.800. The van der Waals surface area contributed by atoms with Gasteiger partial charge in [0.1, 0.15) is 19.8 Å². The van der Waals surface area contributed by atoms with Crippen molar-refractivity contribution in [1.82, 2.24) is 4.90 Å². The van der Waals surface area contributed by atoms with Gasteiger partial charge in [0.05, 0.1) is 11.6 Å². The van der Waals surface area contributed by atoms with E-state index in [9.17, 15) is 4.79 Å². The number of amides is 1. The molecule has 1 aliphatic heterocycles. The topological polar surface area (TPSA) is 62.6 Å². The normalized spacial score (nSPS) is 17.3. The average Bonchev–Trinajstić information content (AvgIpc) is 3.05. The lowest BCUT2D eigenvalue weighted by atomic mass is 10.1. The fourth-order valence-electron chi connectivity index (χ4n) is 3.06. The van der Waals surface area contributed by atoms with Crippen LogP contribution in [-0.4, -0.2) is 36.6 Å². The molecule has 0 saturated heterocycles. The van der Waals surface area contributed by atoms with E-state index < -0.39 is 0 Å². The first-order valence-corrected chi connectivity index (χ1v) is 7.38. The van der Waals surface area contributed by atoms with Crippen molar-refractivity contribution in [3.05, 3.63) is 23.8 Å². The Bertz CT molecular complexity index is 573. The molecule has 0 spiro atoms. The summed E-state index contributed by atoms with van der Waals surface area (Å²) >= 11 is 0. The Kier molecular flexibility index (Phi) is 3.96. The van der Waals surface area contributed by atoms with Crippen molar-refractivity contribution in [1.29, 1.82) is 5.26 Å². The number of hydrogen-bond donors (Lipinski definition) is 0. The van der Waals surface area contributed by atoms with E-state index in [0.29, 0.717) is 30.3 Å². The molecule has 1 saturated carbocycles. The molecule has 3 rings (SSSR count). The lowest BCUT2D eigenvalue weighted by Crippen LogP contribution is -2.39. The second-order valence-corrected chi connectivity index (χ2v) is 5.36. The van der Waals surface area contributed by atoms with Crippen LogP contribution in [-0.2, 0) is 0 Å². The Balaban J connectivity index is 1.91. The maximum absolute atomic E-state index is 12.8. The Hall–Kier alpha value is -2.22. The molecule has 1 aromatic rings. The molecule has 2 aliphatic rings. The van der Waals surface area contributed by atoms with Crippen LogP contribution in [0.4, 0.5) is 0 Å². The van der Waals surface area contributed by atoms with Crippen molar-refractivity contribution in [2.75, 3.05) is 19.8 Å². The van der Waals surface area contributed by atoms with Gasteiger partial charge in [0.25, 0.3) is 5.91 Å². The van der Waals surface area contributed by atoms with Crippen LogP contribution >= 0.6 is 0 Å². The van der Waals surface area contributed by atoms with Gasteiger partial charge in [-0.05, 0) is 25.0 Å². The maximum Gasteiger partial charge on any atom is 0.258 e. The second kappa shape index (κ2) is 6.04. The van der Waals surface area contributed by atoms with Gasteiger partial charge >= 0.3 is 0 Å². The summed E-state index contributed by atoms with van der Waals surface area (Å²) in [4.78, 5) is 14.5. The van der Waals surface area contributed by atoms with Crippen molar-refractivity contribution >= 4 is 5.91 Å². The van der Waals surface area contributed by atoms with E-state index in [1.807, 2.05) is 0 Å². The summed E-state index contributed by atoms with van der Waals surface area (Å²) in [6.45, 7) is 1.06. The maximum atomic E-state index is 12.8.